The van der Waals surface area contributed by atoms with Gasteiger partial charge in [0.1, 0.15) is 0 Å². The van der Waals surface area contributed by atoms with Crippen LogP contribution in [0.1, 0.15) is 52.8 Å². The van der Waals surface area contributed by atoms with Crippen molar-refractivity contribution in [2.24, 2.45) is 5.41 Å². The first-order valence-corrected chi connectivity index (χ1v) is 7.48. The number of nitrogens with zero attached hydrogens (tertiary/aromatic N) is 1. The monoisotopic (exact) mass is 263 g/mol. The Bertz CT molecular complexity index is 408. The summed E-state index contributed by atoms with van der Waals surface area (Å²) in [6.45, 7) is 13.4. The Morgan fingerprint density at radius 1 is 1.17 bits per heavy atom. The minimum absolute atomic E-state index is 0.185. The predicted molar refractivity (Wildman–Crippen MR) is 83.9 cm³/mol. The lowest BCUT2D eigenvalue weighted by atomic mass is 9.87. The van der Waals surface area contributed by atoms with E-state index >= 15 is 0 Å². The summed E-state index contributed by atoms with van der Waals surface area (Å²) in [5.74, 6) is 1.13. The molecule has 2 heteroatoms. The molecule has 1 aromatic heterocycles. The van der Waals surface area contributed by atoms with Crippen LogP contribution in [0.3, 0.4) is 0 Å². The van der Waals surface area contributed by atoms with Crippen molar-refractivity contribution in [2.45, 2.75) is 47.0 Å². The van der Waals surface area contributed by atoms with Crippen LogP contribution in [-0.2, 0) is 5.41 Å². The van der Waals surface area contributed by atoms with Gasteiger partial charge in [-0.05, 0) is 40.0 Å². The van der Waals surface area contributed by atoms with Crippen molar-refractivity contribution in [3.8, 4) is 0 Å². The average molecular weight is 263 g/mol. The van der Waals surface area contributed by atoms with Gasteiger partial charge in [-0.1, -0.05) is 41.5 Å². The molecule has 0 aromatic carbocycles. The molecule has 0 spiro atoms. The van der Waals surface area contributed by atoms with Gasteiger partial charge in [-0.2, -0.15) is 0 Å². The second kappa shape index (κ2) is 5.92. The van der Waals surface area contributed by atoms with Gasteiger partial charge in [-0.15, -0.1) is 11.8 Å². The fourth-order valence-corrected chi connectivity index (χ4v) is 2.25. The van der Waals surface area contributed by atoms with E-state index in [9.17, 15) is 0 Å². The molecule has 0 aliphatic rings. The molecule has 1 heterocycles. The van der Waals surface area contributed by atoms with Gasteiger partial charge in [0.05, 0.1) is 5.69 Å². The summed E-state index contributed by atoms with van der Waals surface area (Å²) < 4.78 is 0. The topological polar surface area (TPSA) is 12.9 Å². The molecule has 0 atom stereocenters. The quantitative estimate of drug-likeness (QED) is 0.750. The third kappa shape index (κ3) is 5.72. The van der Waals surface area contributed by atoms with Gasteiger partial charge in [-0.3, -0.25) is 4.98 Å². The zero-order chi connectivity index (χ0) is 13.8. The lowest BCUT2D eigenvalue weighted by molar-refractivity contribution is 0.481. The third-order valence-electron chi connectivity index (χ3n) is 2.50. The van der Waals surface area contributed by atoms with E-state index in [2.05, 4.69) is 70.1 Å². The van der Waals surface area contributed by atoms with Crippen LogP contribution in [0.25, 0.3) is 6.08 Å². The highest BCUT2D eigenvalue weighted by Gasteiger charge is 2.13. The Morgan fingerprint density at radius 3 is 2.39 bits per heavy atom. The Morgan fingerprint density at radius 2 is 1.83 bits per heavy atom. The van der Waals surface area contributed by atoms with Crippen LogP contribution in [0.2, 0.25) is 0 Å². The molecule has 18 heavy (non-hydrogen) atoms. The maximum absolute atomic E-state index is 4.39. The van der Waals surface area contributed by atoms with Gasteiger partial charge in [0.2, 0.25) is 0 Å². The zero-order valence-electron chi connectivity index (χ0n) is 12.4. The van der Waals surface area contributed by atoms with Crippen LogP contribution in [0.5, 0.6) is 0 Å². The SMILES string of the molecule is CC(C)(C)CS/C=C/c1cc(C(C)(C)C)ccn1. The van der Waals surface area contributed by atoms with Crippen molar-refractivity contribution < 1.29 is 0 Å². The first kappa shape index (κ1) is 15.3. The number of hydrogen-bond acceptors (Lipinski definition) is 2. The van der Waals surface area contributed by atoms with E-state index in [-0.39, 0.29) is 5.41 Å². The van der Waals surface area contributed by atoms with Gasteiger partial charge in [0.25, 0.3) is 0 Å². The number of thioether (sulfide) groups is 1. The molecule has 0 N–H and O–H groups in total. The highest BCUT2D eigenvalue weighted by Crippen LogP contribution is 2.24. The third-order valence-corrected chi connectivity index (χ3v) is 3.86. The lowest BCUT2D eigenvalue weighted by Crippen LogP contribution is -2.11. The molecule has 0 unspecified atom stereocenters. The number of pyridine rings is 1. The Kier molecular flexibility index (Phi) is 5.03. The van der Waals surface area contributed by atoms with Gasteiger partial charge < -0.3 is 0 Å². The van der Waals surface area contributed by atoms with Crippen LogP contribution in [-0.4, -0.2) is 10.7 Å². The summed E-state index contributed by atoms with van der Waals surface area (Å²) in [5.41, 5.74) is 2.93. The van der Waals surface area contributed by atoms with E-state index in [0.717, 1.165) is 11.4 Å². The van der Waals surface area contributed by atoms with Crippen molar-refractivity contribution in [1.82, 2.24) is 4.98 Å². The van der Waals surface area contributed by atoms with Crippen molar-refractivity contribution >= 4 is 17.8 Å². The summed E-state index contributed by atoms with van der Waals surface area (Å²) in [7, 11) is 0. The summed E-state index contributed by atoms with van der Waals surface area (Å²) in [6, 6.07) is 4.27. The second-order valence-electron chi connectivity index (χ2n) is 6.89. The van der Waals surface area contributed by atoms with Gasteiger partial charge in [-0.25, -0.2) is 0 Å². The van der Waals surface area contributed by atoms with E-state index < -0.39 is 0 Å². The molecule has 0 fully saturated rings. The fraction of sp³-hybridized carbons (Fsp3) is 0.562. The summed E-state index contributed by atoms with van der Waals surface area (Å²) in [6.07, 6.45) is 4.00. The molecule has 0 saturated carbocycles. The molecule has 1 nitrogen and oxygen atoms in total. The minimum atomic E-state index is 0.185. The molecule has 0 saturated heterocycles. The Balaban J connectivity index is 2.66. The number of hydrogen-bond donors (Lipinski definition) is 0. The largest absolute Gasteiger partial charge is 0.257 e. The molecule has 0 amide bonds. The van der Waals surface area contributed by atoms with E-state index in [1.165, 1.54) is 5.56 Å². The van der Waals surface area contributed by atoms with E-state index in [1.54, 1.807) is 0 Å². The number of rotatable bonds is 3. The predicted octanol–water partition coefficient (Wildman–Crippen LogP) is 5.13. The molecule has 0 radical (unpaired) electrons. The molecule has 0 aliphatic carbocycles. The van der Waals surface area contributed by atoms with Gasteiger partial charge in [0.15, 0.2) is 0 Å². The maximum atomic E-state index is 4.39. The molecule has 100 valence electrons. The molecule has 0 bridgehead atoms. The van der Waals surface area contributed by atoms with Crippen LogP contribution in [0, 0.1) is 5.41 Å². The van der Waals surface area contributed by atoms with E-state index in [1.807, 2.05) is 18.0 Å². The van der Waals surface area contributed by atoms with Crippen LogP contribution >= 0.6 is 11.8 Å². The van der Waals surface area contributed by atoms with Gasteiger partial charge >= 0.3 is 0 Å². The maximum Gasteiger partial charge on any atom is 0.0637 e. The van der Waals surface area contributed by atoms with E-state index in [4.69, 9.17) is 0 Å². The van der Waals surface area contributed by atoms with Crippen LogP contribution in [0.15, 0.2) is 23.7 Å². The summed E-state index contributed by atoms with van der Waals surface area (Å²) >= 11 is 1.85. The molecule has 1 aromatic rings. The normalized spacial score (nSPS) is 13.2. The molecule has 1 rings (SSSR count). The Hall–Kier alpha value is -0.760. The van der Waals surface area contributed by atoms with Crippen LogP contribution < -0.4 is 0 Å². The smallest absolute Gasteiger partial charge is 0.0637 e. The van der Waals surface area contributed by atoms with Gasteiger partial charge in [0, 0.05) is 11.9 Å². The minimum Gasteiger partial charge on any atom is -0.257 e. The van der Waals surface area contributed by atoms with Crippen molar-refractivity contribution in [3.63, 3.8) is 0 Å². The van der Waals surface area contributed by atoms with Crippen LogP contribution in [0.4, 0.5) is 0 Å². The standard InChI is InChI=1S/C16H25NS/c1-15(2,3)12-18-10-8-14-11-13(7-9-17-14)16(4,5)6/h7-11H,12H2,1-6H3/b10-8+. The first-order chi connectivity index (χ1) is 8.18. The average Bonchev–Trinajstić information content (AvgIpc) is 2.22. The van der Waals surface area contributed by atoms with Crippen molar-refractivity contribution in [1.29, 1.82) is 0 Å². The molecular formula is C16H25NS. The highest BCUT2D eigenvalue weighted by atomic mass is 32.2. The lowest BCUT2D eigenvalue weighted by Gasteiger charge is -2.18. The van der Waals surface area contributed by atoms with Crippen molar-refractivity contribution in [2.75, 3.05) is 5.75 Å². The summed E-state index contributed by atoms with van der Waals surface area (Å²) in [4.78, 5) is 4.39. The fourth-order valence-electron chi connectivity index (χ4n) is 1.42. The van der Waals surface area contributed by atoms with E-state index in [0.29, 0.717) is 5.41 Å². The number of aromatic nitrogens is 1. The highest BCUT2D eigenvalue weighted by molar-refractivity contribution is 8.02. The molecule has 0 aliphatic heterocycles. The summed E-state index contributed by atoms with van der Waals surface area (Å²) in [5, 5.41) is 2.15. The molecular weight excluding hydrogens is 238 g/mol. The second-order valence-corrected chi connectivity index (χ2v) is 7.79. The van der Waals surface area contributed by atoms with Crippen molar-refractivity contribution in [3.05, 3.63) is 35.0 Å². The zero-order valence-corrected chi connectivity index (χ0v) is 13.3. The Labute approximate surface area is 116 Å². The first-order valence-electron chi connectivity index (χ1n) is 6.43.